The second-order valence-corrected chi connectivity index (χ2v) is 9.29. The molecule has 0 aromatic carbocycles. The van der Waals surface area contributed by atoms with Gasteiger partial charge in [0, 0.05) is 11.8 Å². The van der Waals surface area contributed by atoms with Crippen LogP contribution in [0.2, 0.25) is 0 Å². The Balaban J connectivity index is 1.61. The van der Waals surface area contributed by atoms with Crippen LogP contribution >= 0.6 is 0 Å². The summed E-state index contributed by atoms with van der Waals surface area (Å²) in [5.41, 5.74) is 0.526. The fraction of sp³-hybridized carbons (Fsp3) is 0.952. The number of ether oxygens (including phenoxy) is 1. The van der Waals surface area contributed by atoms with E-state index in [1.165, 1.54) is 44.9 Å². The highest BCUT2D eigenvalue weighted by Crippen LogP contribution is 2.66. The molecule has 0 heterocycles. The second-order valence-electron chi connectivity index (χ2n) is 9.29. The zero-order valence-electron chi connectivity index (χ0n) is 16.1. The van der Waals surface area contributed by atoms with E-state index in [-0.39, 0.29) is 17.5 Å². The highest BCUT2D eigenvalue weighted by molar-refractivity contribution is 5.69. The quantitative estimate of drug-likeness (QED) is 0.377. The van der Waals surface area contributed by atoms with Gasteiger partial charge in [-0.3, -0.25) is 4.79 Å². The van der Waals surface area contributed by atoms with E-state index < -0.39 is 0 Å². The molecule has 2 aliphatic carbocycles. The van der Waals surface area contributed by atoms with Crippen LogP contribution in [0, 0.1) is 22.7 Å². The Labute approximate surface area is 143 Å². The summed E-state index contributed by atoms with van der Waals surface area (Å²) in [6.45, 7) is 11.7. The van der Waals surface area contributed by atoms with Crippen molar-refractivity contribution in [2.45, 2.75) is 105 Å². The molecule has 0 saturated heterocycles. The standard InChI is InChI=1S/C21H38O2/c1-16(2)11-9-7-6-8-10-12-19(22)23-18-15-17-13-14-21(18,5)20(17,3)4/h16-18H,6-15H2,1-5H3/t17-,18-,21+/m0/s1. The summed E-state index contributed by atoms with van der Waals surface area (Å²) in [7, 11) is 0. The molecule has 0 spiro atoms. The third kappa shape index (κ3) is 4.12. The van der Waals surface area contributed by atoms with E-state index in [0.29, 0.717) is 11.8 Å². The minimum absolute atomic E-state index is 0.0433. The van der Waals surface area contributed by atoms with Crippen molar-refractivity contribution < 1.29 is 9.53 Å². The summed E-state index contributed by atoms with van der Waals surface area (Å²) in [5, 5.41) is 0. The molecular formula is C21H38O2. The minimum Gasteiger partial charge on any atom is -0.462 e. The van der Waals surface area contributed by atoms with Crippen LogP contribution in [0.5, 0.6) is 0 Å². The van der Waals surface area contributed by atoms with Gasteiger partial charge in [-0.05, 0) is 42.9 Å². The molecule has 2 nitrogen and oxygen atoms in total. The zero-order valence-corrected chi connectivity index (χ0v) is 16.1. The highest BCUT2D eigenvalue weighted by atomic mass is 16.5. The van der Waals surface area contributed by atoms with Crippen molar-refractivity contribution in [3.63, 3.8) is 0 Å². The van der Waals surface area contributed by atoms with Crippen molar-refractivity contribution in [1.82, 2.24) is 0 Å². The van der Waals surface area contributed by atoms with Gasteiger partial charge >= 0.3 is 5.97 Å². The third-order valence-corrected chi connectivity index (χ3v) is 7.15. The Morgan fingerprint density at radius 2 is 1.74 bits per heavy atom. The number of carbonyl (C=O) groups is 1. The Morgan fingerprint density at radius 3 is 2.30 bits per heavy atom. The maximum atomic E-state index is 12.2. The van der Waals surface area contributed by atoms with Gasteiger partial charge in [-0.25, -0.2) is 0 Å². The number of rotatable bonds is 9. The molecule has 2 heteroatoms. The lowest BCUT2D eigenvalue weighted by atomic mass is 9.70. The molecule has 2 bridgehead atoms. The van der Waals surface area contributed by atoms with Gasteiger partial charge in [0.25, 0.3) is 0 Å². The molecule has 134 valence electrons. The molecule has 0 amide bonds. The number of hydrogen-bond donors (Lipinski definition) is 0. The molecule has 0 aromatic rings. The second kappa shape index (κ2) is 7.57. The SMILES string of the molecule is CC(C)CCCCCCCC(=O)O[C@H]1C[C@@H]2CC[C@@]1(C)C2(C)C. The smallest absolute Gasteiger partial charge is 0.306 e. The van der Waals surface area contributed by atoms with Gasteiger partial charge in [-0.1, -0.05) is 66.7 Å². The van der Waals surface area contributed by atoms with Crippen LogP contribution in [0.25, 0.3) is 0 Å². The van der Waals surface area contributed by atoms with E-state index in [0.717, 1.165) is 24.7 Å². The van der Waals surface area contributed by atoms with Crippen molar-refractivity contribution in [2.24, 2.45) is 22.7 Å². The lowest BCUT2D eigenvalue weighted by Gasteiger charge is -2.38. The zero-order chi connectivity index (χ0) is 17.1. The van der Waals surface area contributed by atoms with Crippen LogP contribution in [0.4, 0.5) is 0 Å². The third-order valence-electron chi connectivity index (χ3n) is 7.15. The van der Waals surface area contributed by atoms with E-state index >= 15 is 0 Å². The number of carbonyl (C=O) groups excluding carboxylic acids is 1. The molecule has 0 unspecified atom stereocenters. The van der Waals surface area contributed by atoms with Crippen LogP contribution in [-0.4, -0.2) is 12.1 Å². The van der Waals surface area contributed by atoms with E-state index in [4.69, 9.17) is 4.74 Å². The van der Waals surface area contributed by atoms with Crippen LogP contribution in [0.3, 0.4) is 0 Å². The lowest BCUT2D eigenvalue weighted by molar-refractivity contribution is -0.157. The molecule has 3 atom stereocenters. The van der Waals surface area contributed by atoms with E-state index in [1.54, 1.807) is 0 Å². The first-order valence-corrected chi connectivity index (χ1v) is 9.97. The Kier molecular flexibility index (Phi) is 6.19. The normalized spacial score (nSPS) is 31.7. The fourth-order valence-electron chi connectivity index (χ4n) is 4.88. The van der Waals surface area contributed by atoms with E-state index in [9.17, 15) is 4.79 Å². The van der Waals surface area contributed by atoms with Crippen LogP contribution in [-0.2, 0) is 9.53 Å². The summed E-state index contributed by atoms with van der Waals surface area (Å²) >= 11 is 0. The maximum Gasteiger partial charge on any atom is 0.306 e. The largest absolute Gasteiger partial charge is 0.462 e. The summed E-state index contributed by atoms with van der Waals surface area (Å²) in [5.74, 6) is 1.60. The highest BCUT2D eigenvalue weighted by Gasteiger charge is 2.62. The maximum absolute atomic E-state index is 12.2. The molecule has 2 rings (SSSR count). The Hall–Kier alpha value is -0.530. The van der Waals surface area contributed by atoms with Crippen molar-refractivity contribution in [1.29, 1.82) is 0 Å². The average molecular weight is 323 g/mol. The van der Waals surface area contributed by atoms with Gasteiger partial charge in [-0.15, -0.1) is 0 Å². The molecule has 2 fully saturated rings. The fourth-order valence-corrected chi connectivity index (χ4v) is 4.88. The van der Waals surface area contributed by atoms with E-state index in [2.05, 4.69) is 34.6 Å². The summed E-state index contributed by atoms with van der Waals surface area (Å²) < 4.78 is 5.90. The Morgan fingerprint density at radius 1 is 1.09 bits per heavy atom. The van der Waals surface area contributed by atoms with E-state index in [1.807, 2.05) is 0 Å². The van der Waals surface area contributed by atoms with Gasteiger partial charge in [0.1, 0.15) is 6.10 Å². The minimum atomic E-state index is 0.0433. The first kappa shape index (κ1) is 18.8. The predicted molar refractivity (Wildman–Crippen MR) is 96.3 cm³/mol. The first-order chi connectivity index (χ1) is 10.8. The molecule has 23 heavy (non-hydrogen) atoms. The monoisotopic (exact) mass is 322 g/mol. The van der Waals surface area contributed by atoms with Crippen molar-refractivity contribution in [2.75, 3.05) is 0 Å². The summed E-state index contributed by atoms with van der Waals surface area (Å²) in [6.07, 6.45) is 11.8. The lowest BCUT2D eigenvalue weighted by Crippen LogP contribution is -2.38. The van der Waals surface area contributed by atoms with Crippen LogP contribution in [0.15, 0.2) is 0 Å². The van der Waals surface area contributed by atoms with Gasteiger partial charge in [-0.2, -0.15) is 0 Å². The van der Waals surface area contributed by atoms with Crippen LogP contribution in [0.1, 0.15) is 98.8 Å². The first-order valence-electron chi connectivity index (χ1n) is 9.97. The number of esters is 1. The molecular weight excluding hydrogens is 284 g/mol. The molecule has 0 radical (unpaired) electrons. The number of hydrogen-bond acceptors (Lipinski definition) is 2. The van der Waals surface area contributed by atoms with Crippen molar-refractivity contribution in [3.8, 4) is 0 Å². The number of fused-ring (bicyclic) bond motifs is 2. The summed E-state index contributed by atoms with van der Waals surface area (Å²) in [4.78, 5) is 12.2. The topological polar surface area (TPSA) is 26.3 Å². The van der Waals surface area contributed by atoms with Crippen LogP contribution < -0.4 is 0 Å². The van der Waals surface area contributed by atoms with Crippen molar-refractivity contribution in [3.05, 3.63) is 0 Å². The average Bonchev–Trinajstić information content (AvgIpc) is 2.79. The van der Waals surface area contributed by atoms with Gasteiger partial charge in [0.15, 0.2) is 0 Å². The van der Waals surface area contributed by atoms with Crippen molar-refractivity contribution >= 4 is 5.97 Å². The molecule has 0 aromatic heterocycles. The van der Waals surface area contributed by atoms with Gasteiger partial charge in [0.2, 0.25) is 0 Å². The summed E-state index contributed by atoms with van der Waals surface area (Å²) in [6, 6.07) is 0. The van der Waals surface area contributed by atoms with Gasteiger partial charge in [0.05, 0.1) is 0 Å². The Bertz CT molecular complexity index is 399. The molecule has 0 N–H and O–H groups in total. The predicted octanol–water partition coefficient (Wildman–Crippen LogP) is 6.13. The van der Waals surface area contributed by atoms with Gasteiger partial charge < -0.3 is 4.74 Å². The number of unbranched alkanes of at least 4 members (excludes halogenated alkanes) is 4. The molecule has 0 aliphatic heterocycles. The molecule has 2 saturated carbocycles. The molecule has 2 aliphatic rings.